The summed E-state index contributed by atoms with van der Waals surface area (Å²) in [6, 6.07) is 1.27. The lowest BCUT2D eigenvalue weighted by Crippen LogP contribution is -2.32. The number of amides is 1. The van der Waals surface area contributed by atoms with Gasteiger partial charge in [0.05, 0.1) is 5.69 Å². The van der Waals surface area contributed by atoms with E-state index in [0.29, 0.717) is 12.2 Å². The summed E-state index contributed by atoms with van der Waals surface area (Å²) in [5.74, 6) is -1.62. The van der Waals surface area contributed by atoms with Crippen LogP contribution in [0.2, 0.25) is 0 Å². The standard InChI is InChI=1S/C11H12F2N2O/c1-3-14-10-9-7(13)4-6(12)5-8(9)15(2)11(10)16/h4-5,10,14H,3H2,1-2H3. The van der Waals surface area contributed by atoms with Crippen LogP contribution in [0.15, 0.2) is 12.1 Å². The third-order valence-electron chi connectivity index (χ3n) is 2.71. The van der Waals surface area contributed by atoms with Crippen LogP contribution in [0.4, 0.5) is 14.5 Å². The number of nitrogens with zero attached hydrogens (tertiary/aromatic N) is 1. The maximum Gasteiger partial charge on any atom is 0.248 e. The van der Waals surface area contributed by atoms with Crippen LogP contribution in [0.5, 0.6) is 0 Å². The molecule has 0 saturated carbocycles. The van der Waals surface area contributed by atoms with Crippen molar-refractivity contribution in [3.63, 3.8) is 0 Å². The van der Waals surface area contributed by atoms with Crippen LogP contribution in [0.25, 0.3) is 0 Å². The predicted molar refractivity (Wildman–Crippen MR) is 56.2 cm³/mol. The van der Waals surface area contributed by atoms with Gasteiger partial charge >= 0.3 is 0 Å². The fraction of sp³-hybridized carbons (Fsp3) is 0.364. The van der Waals surface area contributed by atoms with E-state index >= 15 is 0 Å². The minimum absolute atomic E-state index is 0.232. The van der Waals surface area contributed by atoms with Crippen molar-refractivity contribution in [3.05, 3.63) is 29.3 Å². The van der Waals surface area contributed by atoms with Gasteiger partial charge in [0.15, 0.2) is 0 Å². The largest absolute Gasteiger partial charge is 0.313 e. The number of halogens is 2. The molecule has 0 fully saturated rings. The van der Waals surface area contributed by atoms with E-state index in [1.165, 1.54) is 18.0 Å². The molecule has 1 aliphatic rings. The lowest BCUT2D eigenvalue weighted by Gasteiger charge is -2.11. The molecular formula is C11H12F2N2O. The van der Waals surface area contributed by atoms with Gasteiger partial charge in [-0.3, -0.25) is 4.79 Å². The van der Waals surface area contributed by atoms with Crippen LogP contribution >= 0.6 is 0 Å². The molecule has 1 aromatic rings. The van der Waals surface area contributed by atoms with Gasteiger partial charge in [0.2, 0.25) is 5.91 Å². The smallest absolute Gasteiger partial charge is 0.248 e. The molecule has 0 saturated heterocycles. The molecular weight excluding hydrogens is 214 g/mol. The normalized spacial score (nSPS) is 19.1. The van der Waals surface area contributed by atoms with Gasteiger partial charge in [-0.15, -0.1) is 0 Å². The number of carbonyl (C=O) groups excluding carboxylic acids is 1. The van der Waals surface area contributed by atoms with Crippen molar-refractivity contribution in [3.8, 4) is 0 Å². The van der Waals surface area contributed by atoms with Gasteiger partial charge in [-0.2, -0.15) is 0 Å². The minimum Gasteiger partial charge on any atom is -0.313 e. The summed E-state index contributed by atoms with van der Waals surface area (Å²) in [5.41, 5.74) is 0.532. The third kappa shape index (κ3) is 1.48. The van der Waals surface area contributed by atoms with E-state index in [1.54, 1.807) is 0 Å². The molecule has 0 bridgehead atoms. The number of benzene rings is 1. The number of hydrogen-bond donors (Lipinski definition) is 1. The molecule has 1 amide bonds. The molecule has 0 radical (unpaired) electrons. The Hall–Kier alpha value is -1.49. The summed E-state index contributed by atoms with van der Waals surface area (Å²) in [7, 11) is 1.51. The monoisotopic (exact) mass is 226 g/mol. The molecule has 16 heavy (non-hydrogen) atoms. The number of rotatable bonds is 2. The highest BCUT2D eigenvalue weighted by Gasteiger charge is 2.37. The van der Waals surface area contributed by atoms with Gasteiger partial charge in [0.25, 0.3) is 0 Å². The van der Waals surface area contributed by atoms with E-state index in [4.69, 9.17) is 0 Å². The minimum atomic E-state index is -0.703. The van der Waals surface area contributed by atoms with Crippen molar-refractivity contribution in [2.24, 2.45) is 0 Å². The molecule has 1 aliphatic heterocycles. The molecule has 1 unspecified atom stereocenters. The zero-order valence-corrected chi connectivity index (χ0v) is 9.05. The van der Waals surface area contributed by atoms with Crippen LogP contribution in [0.3, 0.4) is 0 Å². The summed E-state index contributed by atoms with van der Waals surface area (Å²) >= 11 is 0. The summed E-state index contributed by atoms with van der Waals surface area (Å²) in [4.78, 5) is 13.1. The molecule has 1 aromatic carbocycles. The highest BCUT2D eigenvalue weighted by atomic mass is 19.1. The van der Waals surface area contributed by atoms with Crippen LogP contribution < -0.4 is 10.2 Å². The predicted octanol–water partition coefficient (Wildman–Crippen LogP) is 1.59. The van der Waals surface area contributed by atoms with E-state index in [9.17, 15) is 13.6 Å². The Bertz CT molecular complexity index is 448. The number of fused-ring (bicyclic) bond motifs is 1. The zero-order chi connectivity index (χ0) is 11.9. The second kappa shape index (κ2) is 3.83. The highest BCUT2D eigenvalue weighted by Crippen LogP contribution is 2.37. The average Bonchev–Trinajstić information content (AvgIpc) is 2.44. The molecule has 1 atom stereocenters. The number of carbonyl (C=O) groups is 1. The molecule has 3 nitrogen and oxygen atoms in total. The van der Waals surface area contributed by atoms with Gasteiger partial charge in [0.1, 0.15) is 17.7 Å². The SMILES string of the molecule is CCNC1C(=O)N(C)c2cc(F)cc(F)c21. The highest BCUT2D eigenvalue weighted by molar-refractivity contribution is 6.04. The molecule has 0 aromatic heterocycles. The van der Waals surface area contributed by atoms with Crippen LogP contribution in [0.1, 0.15) is 18.5 Å². The van der Waals surface area contributed by atoms with Crippen molar-refractivity contribution in [1.29, 1.82) is 0 Å². The van der Waals surface area contributed by atoms with Crippen LogP contribution in [-0.4, -0.2) is 19.5 Å². The number of likely N-dealkylation sites (N-methyl/N-ethyl adjacent to an activating group) is 2. The first-order valence-electron chi connectivity index (χ1n) is 5.06. The number of anilines is 1. The topological polar surface area (TPSA) is 32.3 Å². The lowest BCUT2D eigenvalue weighted by molar-refractivity contribution is -0.119. The maximum absolute atomic E-state index is 13.6. The first kappa shape index (κ1) is 11.0. The van der Waals surface area contributed by atoms with Gasteiger partial charge < -0.3 is 10.2 Å². The summed E-state index contributed by atoms with van der Waals surface area (Å²) in [5, 5.41) is 2.89. The molecule has 0 spiro atoms. The Balaban J connectivity index is 2.56. The Kier molecular flexibility index (Phi) is 2.63. The Morgan fingerprint density at radius 3 is 2.75 bits per heavy atom. The second-order valence-electron chi connectivity index (χ2n) is 3.71. The van der Waals surface area contributed by atoms with Gasteiger partial charge in [-0.25, -0.2) is 8.78 Å². The van der Waals surface area contributed by atoms with E-state index in [0.717, 1.165) is 6.07 Å². The van der Waals surface area contributed by atoms with E-state index in [2.05, 4.69) is 5.32 Å². The Labute approximate surface area is 92.1 Å². The van der Waals surface area contributed by atoms with E-state index in [1.807, 2.05) is 6.92 Å². The van der Waals surface area contributed by atoms with Crippen LogP contribution in [0, 0.1) is 11.6 Å². The molecule has 86 valence electrons. The first-order chi connectivity index (χ1) is 7.56. The number of hydrogen-bond acceptors (Lipinski definition) is 2. The number of nitrogens with one attached hydrogen (secondary N) is 1. The second-order valence-corrected chi connectivity index (χ2v) is 3.71. The van der Waals surface area contributed by atoms with Crippen LogP contribution in [-0.2, 0) is 4.79 Å². The fourth-order valence-corrected chi connectivity index (χ4v) is 1.96. The van der Waals surface area contributed by atoms with Gasteiger partial charge in [-0.05, 0) is 12.6 Å². The van der Waals surface area contributed by atoms with Crippen molar-refractivity contribution in [2.75, 3.05) is 18.5 Å². The Morgan fingerprint density at radius 2 is 2.12 bits per heavy atom. The van der Waals surface area contributed by atoms with E-state index < -0.39 is 17.7 Å². The van der Waals surface area contributed by atoms with Crippen molar-refractivity contribution < 1.29 is 13.6 Å². The van der Waals surface area contributed by atoms with E-state index in [-0.39, 0.29) is 11.5 Å². The summed E-state index contributed by atoms with van der Waals surface area (Å²) in [6.07, 6.45) is 0. The third-order valence-corrected chi connectivity index (χ3v) is 2.71. The molecule has 1 N–H and O–H groups in total. The molecule has 5 heteroatoms. The molecule has 1 heterocycles. The van der Waals surface area contributed by atoms with Crippen molar-refractivity contribution >= 4 is 11.6 Å². The maximum atomic E-state index is 13.6. The molecule has 0 aliphatic carbocycles. The summed E-state index contributed by atoms with van der Waals surface area (Å²) in [6.45, 7) is 2.37. The quantitative estimate of drug-likeness (QED) is 0.830. The van der Waals surface area contributed by atoms with Crippen molar-refractivity contribution in [2.45, 2.75) is 13.0 Å². The summed E-state index contributed by atoms with van der Waals surface area (Å²) < 4.78 is 26.7. The fourth-order valence-electron chi connectivity index (χ4n) is 1.96. The zero-order valence-electron chi connectivity index (χ0n) is 9.05. The van der Waals surface area contributed by atoms with Gasteiger partial charge in [0, 0.05) is 18.7 Å². The Morgan fingerprint density at radius 1 is 1.44 bits per heavy atom. The average molecular weight is 226 g/mol. The lowest BCUT2D eigenvalue weighted by atomic mass is 10.1. The first-order valence-corrected chi connectivity index (χ1v) is 5.06. The van der Waals surface area contributed by atoms with Crippen molar-refractivity contribution in [1.82, 2.24) is 5.32 Å². The van der Waals surface area contributed by atoms with Gasteiger partial charge in [-0.1, -0.05) is 6.92 Å². The molecule has 2 rings (SSSR count).